The molecule has 0 atom stereocenters. The third kappa shape index (κ3) is 2.26. The van der Waals surface area contributed by atoms with Crippen LogP contribution in [0.5, 0.6) is 0 Å². The largest absolute Gasteiger partial charge is 0.370 e. The topological polar surface area (TPSA) is 50.9 Å². The van der Waals surface area contributed by atoms with Gasteiger partial charge in [0, 0.05) is 28.5 Å². The Labute approximate surface area is 99.6 Å². The second-order valence-electron chi connectivity index (χ2n) is 3.56. The number of anilines is 1. The van der Waals surface area contributed by atoms with Crippen molar-refractivity contribution in [2.75, 3.05) is 18.4 Å². The van der Waals surface area contributed by atoms with Crippen LogP contribution < -0.4 is 11.1 Å². The SMILES string of the molecule is NCCCNc1nccc2c(Cl)cccc12. The molecule has 0 saturated heterocycles. The van der Waals surface area contributed by atoms with Gasteiger partial charge in [-0.2, -0.15) is 0 Å². The molecule has 3 N–H and O–H groups in total. The van der Waals surface area contributed by atoms with Crippen molar-refractivity contribution < 1.29 is 0 Å². The van der Waals surface area contributed by atoms with Crippen molar-refractivity contribution in [1.29, 1.82) is 0 Å². The van der Waals surface area contributed by atoms with Gasteiger partial charge < -0.3 is 11.1 Å². The van der Waals surface area contributed by atoms with E-state index in [0.717, 1.165) is 34.6 Å². The third-order valence-corrected chi connectivity index (χ3v) is 2.76. The number of aromatic nitrogens is 1. The second-order valence-corrected chi connectivity index (χ2v) is 3.97. The van der Waals surface area contributed by atoms with Gasteiger partial charge in [0.15, 0.2) is 0 Å². The van der Waals surface area contributed by atoms with Gasteiger partial charge in [0.1, 0.15) is 5.82 Å². The smallest absolute Gasteiger partial charge is 0.133 e. The van der Waals surface area contributed by atoms with E-state index in [1.54, 1.807) is 6.20 Å². The van der Waals surface area contributed by atoms with Gasteiger partial charge in [-0.15, -0.1) is 0 Å². The van der Waals surface area contributed by atoms with E-state index in [2.05, 4.69) is 10.3 Å². The van der Waals surface area contributed by atoms with Crippen LogP contribution in [0.3, 0.4) is 0 Å². The average Bonchev–Trinajstić information content (AvgIpc) is 2.31. The van der Waals surface area contributed by atoms with E-state index in [4.69, 9.17) is 17.3 Å². The molecular formula is C12H14ClN3. The number of rotatable bonds is 4. The van der Waals surface area contributed by atoms with E-state index < -0.39 is 0 Å². The molecule has 0 fully saturated rings. The maximum absolute atomic E-state index is 6.11. The summed E-state index contributed by atoms with van der Waals surface area (Å²) in [6, 6.07) is 7.75. The third-order valence-electron chi connectivity index (χ3n) is 2.43. The van der Waals surface area contributed by atoms with E-state index in [9.17, 15) is 0 Å². The fourth-order valence-corrected chi connectivity index (χ4v) is 1.86. The van der Waals surface area contributed by atoms with Crippen molar-refractivity contribution in [1.82, 2.24) is 4.98 Å². The molecule has 0 bridgehead atoms. The minimum Gasteiger partial charge on any atom is -0.370 e. The van der Waals surface area contributed by atoms with E-state index in [1.165, 1.54) is 0 Å². The summed E-state index contributed by atoms with van der Waals surface area (Å²) >= 11 is 6.11. The number of nitrogens with two attached hydrogens (primary N) is 1. The monoisotopic (exact) mass is 235 g/mol. The molecule has 3 nitrogen and oxygen atoms in total. The maximum Gasteiger partial charge on any atom is 0.133 e. The fraction of sp³-hybridized carbons (Fsp3) is 0.250. The predicted molar refractivity (Wildman–Crippen MR) is 68.9 cm³/mol. The molecule has 2 aromatic rings. The lowest BCUT2D eigenvalue weighted by molar-refractivity contribution is 0.871. The summed E-state index contributed by atoms with van der Waals surface area (Å²) < 4.78 is 0. The molecule has 1 aromatic heterocycles. The van der Waals surface area contributed by atoms with Crippen molar-refractivity contribution in [2.24, 2.45) is 5.73 Å². The first-order valence-corrected chi connectivity index (χ1v) is 5.68. The molecule has 2 rings (SSSR count). The molecule has 0 aliphatic rings. The number of halogens is 1. The van der Waals surface area contributed by atoms with E-state index in [-0.39, 0.29) is 0 Å². The van der Waals surface area contributed by atoms with Gasteiger partial charge in [-0.3, -0.25) is 0 Å². The van der Waals surface area contributed by atoms with E-state index >= 15 is 0 Å². The maximum atomic E-state index is 6.11. The first kappa shape index (κ1) is 11.2. The molecule has 1 heterocycles. The molecule has 4 heteroatoms. The normalized spacial score (nSPS) is 10.6. The summed E-state index contributed by atoms with van der Waals surface area (Å²) in [7, 11) is 0. The Balaban J connectivity index is 2.34. The molecular weight excluding hydrogens is 222 g/mol. The number of benzene rings is 1. The van der Waals surface area contributed by atoms with Gasteiger partial charge in [-0.1, -0.05) is 23.7 Å². The predicted octanol–water partition coefficient (Wildman–Crippen LogP) is 2.65. The summed E-state index contributed by atoms with van der Waals surface area (Å²) in [5, 5.41) is 6.09. The molecule has 0 spiro atoms. The summed E-state index contributed by atoms with van der Waals surface area (Å²) in [6.45, 7) is 1.51. The van der Waals surface area contributed by atoms with Gasteiger partial charge in [-0.05, 0) is 25.1 Å². The Morgan fingerprint density at radius 1 is 1.25 bits per heavy atom. The molecule has 84 valence electrons. The van der Waals surface area contributed by atoms with Crippen LogP contribution in [0.4, 0.5) is 5.82 Å². The molecule has 0 amide bonds. The molecule has 0 radical (unpaired) electrons. The average molecular weight is 236 g/mol. The van der Waals surface area contributed by atoms with Crippen LogP contribution >= 0.6 is 11.6 Å². The highest BCUT2D eigenvalue weighted by atomic mass is 35.5. The van der Waals surface area contributed by atoms with Crippen molar-refractivity contribution >= 4 is 28.2 Å². The molecule has 0 aliphatic heterocycles. The Kier molecular flexibility index (Phi) is 3.59. The van der Waals surface area contributed by atoms with Crippen LogP contribution in [0.25, 0.3) is 10.8 Å². The first-order chi connectivity index (χ1) is 7.83. The minimum atomic E-state index is 0.679. The van der Waals surface area contributed by atoms with Crippen LogP contribution in [-0.4, -0.2) is 18.1 Å². The van der Waals surface area contributed by atoms with Crippen LogP contribution in [0.2, 0.25) is 5.02 Å². The van der Waals surface area contributed by atoms with Gasteiger partial charge in [0.25, 0.3) is 0 Å². The Morgan fingerprint density at radius 2 is 2.12 bits per heavy atom. The number of hydrogen-bond donors (Lipinski definition) is 2. The zero-order valence-electron chi connectivity index (χ0n) is 8.91. The van der Waals surface area contributed by atoms with Crippen LogP contribution in [0.1, 0.15) is 6.42 Å². The zero-order chi connectivity index (χ0) is 11.4. The van der Waals surface area contributed by atoms with Gasteiger partial charge in [0.05, 0.1) is 0 Å². The highest BCUT2D eigenvalue weighted by Gasteiger charge is 2.03. The fourth-order valence-electron chi connectivity index (χ4n) is 1.62. The van der Waals surface area contributed by atoms with Gasteiger partial charge in [-0.25, -0.2) is 4.98 Å². The summed E-state index contributed by atoms with van der Waals surface area (Å²) in [5.41, 5.74) is 5.45. The highest BCUT2D eigenvalue weighted by molar-refractivity contribution is 6.35. The van der Waals surface area contributed by atoms with Crippen LogP contribution in [0.15, 0.2) is 30.5 Å². The summed E-state index contributed by atoms with van der Waals surface area (Å²) in [5.74, 6) is 0.869. The molecule has 1 aromatic carbocycles. The van der Waals surface area contributed by atoms with E-state index in [1.807, 2.05) is 24.3 Å². The number of nitrogens with zero attached hydrogens (tertiary/aromatic N) is 1. The van der Waals surface area contributed by atoms with E-state index in [0.29, 0.717) is 6.54 Å². The van der Waals surface area contributed by atoms with Crippen molar-refractivity contribution in [3.63, 3.8) is 0 Å². The Bertz CT molecular complexity index is 485. The van der Waals surface area contributed by atoms with Crippen molar-refractivity contribution in [3.8, 4) is 0 Å². The zero-order valence-corrected chi connectivity index (χ0v) is 9.67. The lowest BCUT2D eigenvalue weighted by atomic mass is 10.1. The lowest BCUT2D eigenvalue weighted by Crippen LogP contribution is -2.09. The van der Waals surface area contributed by atoms with Gasteiger partial charge in [0.2, 0.25) is 0 Å². The number of nitrogens with one attached hydrogen (secondary N) is 1. The molecule has 0 aliphatic carbocycles. The van der Waals surface area contributed by atoms with Crippen molar-refractivity contribution in [2.45, 2.75) is 6.42 Å². The lowest BCUT2D eigenvalue weighted by Gasteiger charge is -2.08. The number of hydrogen-bond acceptors (Lipinski definition) is 3. The van der Waals surface area contributed by atoms with Crippen LogP contribution in [0, 0.1) is 0 Å². The highest BCUT2D eigenvalue weighted by Crippen LogP contribution is 2.26. The summed E-state index contributed by atoms with van der Waals surface area (Å²) in [4.78, 5) is 4.31. The molecule has 0 unspecified atom stereocenters. The first-order valence-electron chi connectivity index (χ1n) is 5.30. The molecule has 0 saturated carbocycles. The quantitative estimate of drug-likeness (QED) is 0.801. The summed E-state index contributed by atoms with van der Waals surface area (Å²) in [6.07, 6.45) is 2.69. The minimum absolute atomic E-state index is 0.679. The van der Waals surface area contributed by atoms with Crippen molar-refractivity contribution in [3.05, 3.63) is 35.5 Å². The van der Waals surface area contributed by atoms with Gasteiger partial charge >= 0.3 is 0 Å². The second kappa shape index (κ2) is 5.14. The number of pyridine rings is 1. The number of fused-ring (bicyclic) bond motifs is 1. The molecule has 16 heavy (non-hydrogen) atoms. The van der Waals surface area contributed by atoms with Crippen LogP contribution in [-0.2, 0) is 0 Å². The Hall–Kier alpha value is -1.32. The Morgan fingerprint density at radius 3 is 2.94 bits per heavy atom. The standard InChI is InChI=1S/C12H14ClN3/c13-11-4-1-3-10-9(11)5-8-16-12(10)15-7-2-6-14/h1,3-5,8H,2,6-7,14H2,(H,15,16).